The van der Waals surface area contributed by atoms with Gasteiger partial charge in [0.2, 0.25) is 17.7 Å². The lowest BCUT2D eigenvalue weighted by atomic mass is 10.0. The fraction of sp³-hybridized carbons (Fsp3) is 0.393. The smallest absolute Gasteiger partial charge is 0.326 e. The predicted octanol–water partition coefficient (Wildman–Crippen LogP) is 0.367. The Bertz CT molecular complexity index is 1220. The molecule has 0 saturated carbocycles. The number of benzene rings is 2. The number of nitrogens with one attached hydrogen (secondary N) is 3. The molecule has 13 nitrogen and oxygen atoms in total. The van der Waals surface area contributed by atoms with Crippen LogP contribution < -0.4 is 21.7 Å². The number of aliphatic carboxylic acids is 2. The Balaban J connectivity index is 2.33. The van der Waals surface area contributed by atoms with Crippen LogP contribution in [0.3, 0.4) is 0 Å². The first kappa shape index (κ1) is 33.9. The van der Waals surface area contributed by atoms with Gasteiger partial charge in [0.1, 0.15) is 29.6 Å². The molecule has 0 spiro atoms. The topological polar surface area (TPSA) is 228 Å². The number of carbonyl (C=O) groups excluding carboxylic acids is 3. The van der Waals surface area contributed by atoms with Gasteiger partial charge in [-0.1, -0.05) is 24.3 Å². The number of amides is 3. The van der Waals surface area contributed by atoms with E-state index in [0.717, 1.165) is 0 Å². The third-order valence-corrected chi connectivity index (χ3v) is 6.89. The van der Waals surface area contributed by atoms with Crippen molar-refractivity contribution in [3.63, 3.8) is 0 Å². The summed E-state index contributed by atoms with van der Waals surface area (Å²) < 4.78 is 0. The monoisotopic (exact) mass is 604 g/mol. The summed E-state index contributed by atoms with van der Waals surface area (Å²) in [6.45, 7) is 0. The van der Waals surface area contributed by atoms with Crippen molar-refractivity contribution in [2.75, 3.05) is 12.0 Å². The molecule has 0 radical (unpaired) electrons. The molecule has 2 aromatic rings. The van der Waals surface area contributed by atoms with Crippen molar-refractivity contribution in [3.8, 4) is 11.5 Å². The van der Waals surface area contributed by atoms with E-state index in [1.807, 2.05) is 6.26 Å². The molecule has 0 fully saturated rings. The lowest BCUT2D eigenvalue weighted by Crippen LogP contribution is -2.58. The maximum Gasteiger partial charge on any atom is 0.326 e. The third-order valence-electron chi connectivity index (χ3n) is 6.25. The molecule has 4 unspecified atom stereocenters. The molecule has 42 heavy (non-hydrogen) atoms. The summed E-state index contributed by atoms with van der Waals surface area (Å²) in [5, 5.41) is 45.2. The van der Waals surface area contributed by atoms with Gasteiger partial charge in [-0.25, -0.2) is 4.79 Å². The molecule has 2 rings (SSSR count). The van der Waals surface area contributed by atoms with Crippen molar-refractivity contribution in [3.05, 3.63) is 59.7 Å². The molecular weight excluding hydrogens is 568 g/mol. The molecule has 14 heteroatoms. The van der Waals surface area contributed by atoms with Gasteiger partial charge in [-0.05, 0) is 60.2 Å². The third kappa shape index (κ3) is 11.7. The Hall–Kier alpha value is -4.30. The SMILES string of the molecule is CSCCC(N)C(=O)NC(Cc1ccc(O)cc1)C(=O)NC(Cc1ccc(O)cc1)C(=O)NC(CCC(=O)O)C(=O)O. The van der Waals surface area contributed by atoms with E-state index < -0.39 is 60.2 Å². The molecule has 0 saturated heterocycles. The highest BCUT2D eigenvalue weighted by Crippen LogP contribution is 2.14. The highest BCUT2D eigenvalue weighted by Gasteiger charge is 2.31. The molecule has 0 bridgehead atoms. The number of phenolic OH excluding ortho intramolecular Hbond substituents is 2. The van der Waals surface area contributed by atoms with Gasteiger partial charge < -0.3 is 42.1 Å². The molecule has 0 aliphatic rings. The summed E-state index contributed by atoms with van der Waals surface area (Å²) in [7, 11) is 0. The first-order valence-corrected chi connectivity index (χ1v) is 14.4. The summed E-state index contributed by atoms with van der Waals surface area (Å²) in [6.07, 6.45) is 1.20. The van der Waals surface area contributed by atoms with Crippen LogP contribution in [0.1, 0.15) is 30.4 Å². The highest BCUT2D eigenvalue weighted by atomic mass is 32.2. The maximum atomic E-state index is 13.5. The fourth-order valence-electron chi connectivity index (χ4n) is 3.88. The van der Waals surface area contributed by atoms with E-state index in [0.29, 0.717) is 23.3 Å². The number of carboxylic acids is 2. The summed E-state index contributed by atoms with van der Waals surface area (Å²) in [4.78, 5) is 62.3. The molecule has 0 aromatic heterocycles. The Morgan fingerprint density at radius 3 is 1.55 bits per heavy atom. The Kier molecular flexibility index (Phi) is 13.6. The minimum absolute atomic E-state index is 0.00407. The molecule has 3 amide bonds. The van der Waals surface area contributed by atoms with Gasteiger partial charge in [0.25, 0.3) is 0 Å². The van der Waals surface area contributed by atoms with E-state index in [4.69, 9.17) is 10.8 Å². The summed E-state index contributed by atoms with van der Waals surface area (Å²) in [5.41, 5.74) is 7.10. The van der Waals surface area contributed by atoms with Gasteiger partial charge in [-0.2, -0.15) is 11.8 Å². The standard InChI is InChI=1S/C28H36N4O9S/c1-42-13-12-20(29)25(37)31-22(14-16-2-6-18(33)7-3-16)27(39)32-23(15-17-4-8-19(34)9-5-17)26(38)30-21(28(40)41)10-11-24(35)36/h2-9,20-23,33-34H,10-15,29H2,1H3,(H,30,38)(H,31,37)(H,32,39)(H,35,36)(H,40,41). The number of hydrogen-bond donors (Lipinski definition) is 8. The van der Waals surface area contributed by atoms with Crippen LogP contribution in [0.25, 0.3) is 0 Å². The second-order valence-electron chi connectivity index (χ2n) is 9.58. The van der Waals surface area contributed by atoms with E-state index in [-0.39, 0.29) is 30.8 Å². The molecule has 0 heterocycles. The van der Waals surface area contributed by atoms with Crippen molar-refractivity contribution in [1.82, 2.24) is 16.0 Å². The second-order valence-corrected chi connectivity index (χ2v) is 10.6. The van der Waals surface area contributed by atoms with Crippen molar-refractivity contribution in [2.45, 2.75) is 56.3 Å². The van der Waals surface area contributed by atoms with Crippen LogP contribution >= 0.6 is 11.8 Å². The van der Waals surface area contributed by atoms with Crippen LogP contribution in [0.4, 0.5) is 0 Å². The quantitative estimate of drug-likeness (QED) is 0.123. The number of aromatic hydroxyl groups is 2. The predicted molar refractivity (Wildman–Crippen MR) is 155 cm³/mol. The Morgan fingerprint density at radius 1 is 0.714 bits per heavy atom. The summed E-state index contributed by atoms with van der Waals surface area (Å²) >= 11 is 1.50. The summed E-state index contributed by atoms with van der Waals surface area (Å²) in [6, 6.07) is 6.79. The van der Waals surface area contributed by atoms with Crippen LogP contribution in [-0.2, 0) is 36.8 Å². The second kappa shape index (κ2) is 16.8. The van der Waals surface area contributed by atoms with Gasteiger partial charge in [0.15, 0.2) is 0 Å². The molecular formula is C28H36N4O9S. The maximum absolute atomic E-state index is 13.5. The highest BCUT2D eigenvalue weighted by molar-refractivity contribution is 7.98. The van der Waals surface area contributed by atoms with Gasteiger partial charge >= 0.3 is 11.9 Å². The lowest BCUT2D eigenvalue weighted by Gasteiger charge is -2.25. The zero-order valence-corrected chi connectivity index (χ0v) is 23.8. The van der Waals surface area contributed by atoms with Crippen LogP contribution in [0.5, 0.6) is 11.5 Å². The van der Waals surface area contributed by atoms with E-state index in [2.05, 4.69) is 16.0 Å². The number of nitrogens with two attached hydrogens (primary N) is 1. The molecule has 9 N–H and O–H groups in total. The van der Waals surface area contributed by atoms with Gasteiger partial charge in [-0.3, -0.25) is 19.2 Å². The lowest BCUT2D eigenvalue weighted by molar-refractivity contribution is -0.143. The normalized spacial score (nSPS) is 13.7. The zero-order chi connectivity index (χ0) is 31.2. The van der Waals surface area contributed by atoms with Crippen molar-refractivity contribution < 1.29 is 44.4 Å². The van der Waals surface area contributed by atoms with Crippen LogP contribution in [-0.4, -0.2) is 86.3 Å². The Morgan fingerprint density at radius 2 is 1.14 bits per heavy atom. The van der Waals surface area contributed by atoms with E-state index >= 15 is 0 Å². The van der Waals surface area contributed by atoms with Crippen molar-refractivity contribution in [1.29, 1.82) is 0 Å². The number of carboxylic acid groups (broad SMARTS) is 2. The average Bonchev–Trinajstić information content (AvgIpc) is 2.94. The number of rotatable bonds is 17. The summed E-state index contributed by atoms with van der Waals surface area (Å²) in [5.74, 6) is -4.33. The van der Waals surface area contributed by atoms with E-state index in [1.54, 1.807) is 12.1 Å². The molecule has 0 aliphatic carbocycles. The van der Waals surface area contributed by atoms with Crippen LogP contribution in [0, 0.1) is 0 Å². The number of phenols is 2. The van der Waals surface area contributed by atoms with Crippen molar-refractivity contribution >= 4 is 41.4 Å². The zero-order valence-electron chi connectivity index (χ0n) is 23.0. The number of thioether (sulfide) groups is 1. The van der Waals surface area contributed by atoms with Crippen molar-refractivity contribution in [2.24, 2.45) is 5.73 Å². The minimum atomic E-state index is -1.53. The molecule has 4 atom stereocenters. The Labute approximate surface area is 246 Å². The van der Waals surface area contributed by atoms with E-state index in [9.17, 15) is 39.3 Å². The molecule has 228 valence electrons. The molecule has 2 aromatic carbocycles. The van der Waals surface area contributed by atoms with Crippen LogP contribution in [0.15, 0.2) is 48.5 Å². The average molecular weight is 605 g/mol. The largest absolute Gasteiger partial charge is 0.508 e. The van der Waals surface area contributed by atoms with Gasteiger partial charge in [-0.15, -0.1) is 0 Å². The molecule has 0 aliphatic heterocycles. The first-order valence-electron chi connectivity index (χ1n) is 13.1. The van der Waals surface area contributed by atoms with E-state index in [1.165, 1.54) is 48.2 Å². The fourth-order valence-corrected chi connectivity index (χ4v) is 4.37. The first-order chi connectivity index (χ1) is 19.9. The number of hydrogen-bond acceptors (Lipinski definition) is 9. The van der Waals surface area contributed by atoms with Crippen LogP contribution in [0.2, 0.25) is 0 Å². The van der Waals surface area contributed by atoms with Gasteiger partial charge in [0, 0.05) is 19.3 Å². The number of carbonyl (C=O) groups is 5. The van der Waals surface area contributed by atoms with Gasteiger partial charge in [0.05, 0.1) is 6.04 Å². The minimum Gasteiger partial charge on any atom is -0.508 e.